The van der Waals surface area contributed by atoms with Crippen LogP contribution in [0, 0.1) is 22.7 Å². The van der Waals surface area contributed by atoms with Gasteiger partial charge in [0.2, 0.25) is 0 Å². The van der Waals surface area contributed by atoms with Crippen molar-refractivity contribution in [2.24, 2.45) is 22.7 Å². The number of hydrogen-bond donors (Lipinski definition) is 1. The molecule has 0 unspecified atom stereocenters. The molecule has 0 aromatic rings. The highest BCUT2D eigenvalue weighted by Crippen LogP contribution is 2.66. The van der Waals surface area contributed by atoms with E-state index in [1.54, 1.807) is 7.11 Å². The molecule has 0 aromatic carbocycles. The summed E-state index contributed by atoms with van der Waals surface area (Å²) in [5.74, 6) is 1.77. The van der Waals surface area contributed by atoms with Gasteiger partial charge >= 0.3 is 0 Å². The number of ether oxygens (including phenoxy) is 1. The Hall–Kier alpha value is -1.35. The average Bonchev–Trinajstić information content (AvgIpc) is 2.87. The molecule has 2 fully saturated rings. The van der Waals surface area contributed by atoms with E-state index in [1.165, 1.54) is 11.1 Å². The molecule has 0 spiro atoms. The van der Waals surface area contributed by atoms with E-state index in [9.17, 15) is 9.90 Å². The highest BCUT2D eigenvalue weighted by molar-refractivity contribution is 5.92. The summed E-state index contributed by atoms with van der Waals surface area (Å²) in [6.07, 6.45) is 10.6. The van der Waals surface area contributed by atoms with Crippen molar-refractivity contribution < 1.29 is 14.6 Å². The van der Waals surface area contributed by atoms with Crippen LogP contribution in [-0.2, 0) is 9.53 Å². The van der Waals surface area contributed by atoms with Crippen molar-refractivity contribution in [3.63, 3.8) is 0 Å². The molecule has 0 aromatic heterocycles. The van der Waals surface area contributed by atoms with Crippen LogP contribution in [-0.4, -0.2) is 23.6 Å². The maximum atomic E-state index is 11.9. The second-order valence-corrected chi connectivity index (χ2v) is 9.03. The molecule has 1 N–H and O–H groups in total. The molecular weight excluding hydrogens is 312 g/mol. The average molecular weight is 342 g/mol. The second-order valence-electron chi connectivity index (χ2n) is 9.03. The third kappa shape index (κ3) is 2.05. The van der Waals surface area contributed by atoms with Gasteiger partial charge in [-0.25, -0.2) is 0 Å². The molecule has 136 valence electrons. The van der Waals surface area contributed by atoms with Gasteiger partial charge in [-0.1, -0.05) is 37.6 Å². The van der Waals surface area contributed by atoms with Gasteiger partial charge in [0.25, 0.3) is 0 Å². The molecule has 2 saturated carbocycles. The van der Waals surface area contributed by atoms with E-state index in [0.29, 0.717) is 29.8 Å². The summed E-state index contributed by atoms with van der Waals surface area (Å²) >= 11 is 0. The van der Waals surface area contributed by atoms with Gasteiger partial charge in [-0.3, -0.25) is 4.79 Å². The van der Waals surface area contributed by atoms with E-state index >= 15 is 0 Å². The van der Waals surface area contributed by atoms with Crippen LogP contribution in [0.15, 0.2) is 35.6 Å². The van der Waals surface area contributed by atoms with Crippen molar-refractivity contribution >= 4 is 5.78 Å². The van der Waals surface area contributed by atoms with E-state index in [0.717, 1.165) is 38.5 Å². The van der Waals surface area contributed by atoms with Crippen molar-refractivity contribution in [1.29, 1.82) is 0 Å². The number of carbonyl (C=O) groups is 1. The molecule has 5 atom stereocenters. The quantitative estimate of drug-likeness (QED) is 0.600. The highest BCUT2D eigenvalue weighted by atomic mass is 16.5. The molecule has 25 heavy (non-hydrogen) atoms. The van der Waals surface area contributed by atoms with E-state index in [4.69, 9.17) is 4.74 Å². The number of fused-ring (bicyclic) bond motifs is 5. The Morgan fingerprint density at radius 3 is 2.76 bits per heavy atom. The summed E-state index contributed by atoms with van der Waals surface area (Å²) in [7, 11) is 1.61. The molecule has 0 heterocycles. The molecule has 0 radical (unpaired) electrons. The lowest BCUT2D eigenvalue weighted by atomic mass is 9.50. The van der Waals surface area contributed by atoms with Crippen molar-refractivity contribution in [1.82, 2.24) is 0 Å². The predicted molar refractivity (Wildman–Crippen MR) is 97.8 cm³/mol. The fourth-order valence-corrected chi connectivity index (χ4v) is 6.50. The number of hydrogen-bond acceptors (Lipinski definition) is 3. The van der Waals surface area contributed by atoms with E-state index in [2.05, 4.69) is 26.5 Å². The van der Waals surface area contributed by atoms with Crippen molar-refractivity contribution in [3.8, 4) is 0 Å². The largest absolute Gasteiger partial charge is 0.499 e. The zero-order valence-electron chi connectivity index (χ0n) is 15.7. The zero-order chi connectivity index (χ0) is 18.0. The van der Waals surface area contributed by atoms with Crippen LogP contribution in [0.1, 0.15) is 58.8 Å². The Balaban J connectivity index is 1.75. The molecule has 4 rings (SSSR count). The minimum Gasteiger partial charge on any atom is -0.499 e. The fourth-order valence-electron chi connectivity index (χ4n) is 6.50. The van der Waals surface area contributed by atoms with E-state index < -0.39 is 5.60 Å². The van der Waals surface area contributed by atoms with Gasteiger partial charge in [0.15, 0.2) is 5.78 Å². The summed E-state index contributed by atoms with van der Waals surface area (Å²) < 4.78 is 5.39. The van der Waals surface area contributed by atoms with E-state index in [-0.39, 0.29) is 10.8 Å². The second kappa shape index (κ2) is 5.33. The van der Waals surface area contributed by atoms with Gasteiger partial charge in [0.1, 0.15) is 11.4 Å². The minimum absolute atomic E-state index is 0.0527. The fraction of sp³-hybridized carbons (Fsp3) is 0.682. The lowest BCUT2D eigenvalue weighted by Crippen LogP contribution is -2.51. The SMILES string of the molecule is C=C(OC)[C@@]1(O)CC[C@H]2[C@@H]3CCC4=CC(=O)CC[C@]4(C)C3=CC[C@@]21C. The van der Waals surface area contributed by atoms with Gasteiger partial charge in [-0.15, -0.1) is 0 Å². The molecule has 3 nitrogen and oxygen atoms in total. The summed E-state index contributed by atoms with van der Waals surface area (Å²) in [4.78, 5) is 11.9. The summed E-state index contributed by atoms with van der Waals surface area (Å²) in [5, 5.41) is 11.4. The van der Waals surface area contributed by atoms with Gasteiger partial charge in [0, 0.05) is 17.3 Å². The number of aliphatic hydroxyl groups is 1. The maximum absolute atomic E-state index is 11.9. The summed E-state index contributed by atoms with van der Waals surface area (Å²) in [5.41, 5.74) is 1.78. The van der Waals surface area contributed by atoms with Crippen LogP contribution >= 0.6 is 0 Å². The molecule has 3 heteroatoms. The van der Waals surface area contributed by atoms with Crippen LogP contribution < -0.4 is 0 Å². The minimum atomic E-state index is -0.937. The first-order chi connectivity index (χ1) is 11.8. The number of allylic oxidation sites excluding steroid dienone is 4. The number of rotatable bonds is 2. The summed E-state index contributed by atoms with van der Waals surface area (Å²) in [6.45, 7) is 8.57. The molecule has 4 aliphatic rings. The lowest BCUT2D eigenvalue weighted by Gasteiger charge is -2.54. The molecule has 0 aliphatic heterocycles. The Bertz CT molecular complexity index is 702. The third-order valence-corrected chi connectivity index (χ3v) is 8.20. The van der Waals surface area contributed by atoms with Gasteiger partial charge in [-0.05, 0) is 56.4 Å². The first-order valence-corrected chi connectivity index (χ1v) is 9.66. The van der Waals surface area contributed by atoms with Crippen LogP contribution in [0.4, 0.5) is 0 Å². The monoisotopic (exact) mass is 342 g/mol. The zero-order valence-corrected chi connectivity index (χ0v) is 15.7. The highest BCUT2D eigenvalue weighted by Gasteiger charge is 2.63. The first kappa shape index (κ1) is 17.1. The van der Waals surface area contributed by atoms with Crippen molar-refractivity contribution in [2.45, 2.75) is 64.4 Å². The van der Waals surface area contributed by atoms with Crippen LogP contribution in [0.5, 0.6) is 0 Å². The number of carbonyl (C=O) groups excluding carboxylic acids is 1. The van der Waals surface area contributed by atoms with Gasteiger partial charge in [0.05, 0.1) is 7.11 Å². The Morgan fingerprint density at radius 1 is 1.28 bits per heavy atom. The Morgan fingerprint density at radius 2 is 2.04 bits per heavy atom. The van der Waals surface area contributed by atoms with Crippen LogP contribution in [0.3, 0.4) is 0 Å². The number of methoxy groups -OCH3 is 1. The topological polar surface area (TPSA) is 46.5 Å². The van der Waals surface area contributed by atoms with Gasteiger partial charge < -0.3 is 9.84 Å². The molecular formula is C22H30O3. The predicted octanol–water partition coefficient (Wildman–Crippen LogP) is 4.33. The maximum Gasteiger partial charge on any atom is 0.155 e. The van der Waals surface area contributed by atoms with Crippen molar-refractivity contribution in [2.75, 3.05) is 7.11 Å². The Labute approximate surface area is 150 Å². The van der Waals surface area contributed by atoms with Crippen LogP contribution in [0.2, 0.25) is 0 Å². The molecule has 0 bridgehead atoms. The molecule has 0 saturated heterocycles. The van der Waals surface area contributed by atoms with Gasteiger partial charge in [-0.2, -0.15) is 0 Å². The summed E-state index contributed by atoms with van der Waals surface area (Å²) in [6, 6.07) is 0. The lowest BCUT2D eigenvalue weighted by molar-refractivity contribution is -0.115. The number of ketones is 1. The van der Waals surface area contributed by atoms with E-state index in [1.807, 2.05) is 6.08 Å². The van der Waals surface area contributed by atoms with Crippen molar-refractivity contribution in [3.05, 3.63) is 35.6 Å². The molecule has 0 amide bonds. The van der Waals surface area contributed by atoms with Crippen LogP contribution in [0.25, 0.3) is 0 Å². The first-order valence-electron chi connectivity index (χ1n) is 9.66. The molecule has 4 aliphatic carbocycles. The standard InChI is InChI=1S/C22H30O3/c1-14(25-4)22(24)12-9-19-17-6-5-15-13-16(23)7-10-20(15,2)18(17)8-11-21(19,22)3/h8,13,17,19,24H,1,5-7,9-12H2,2-4H3/t17-,19+,20+,21+,22+/m1/s1. The third-order valence-electron chi connectivity index (χ3n) is 8.20. The smallest absolute Gasteiger partial charge is 0.155 e. The Kier molecular flexibility index (Phi) is 3.64. The normalized spacial score (nSPS) is 45.7.